The summed E-state index contributed by atoms with van der Waals surface area (Å²) in [6, 6.07) is 5.00. The molecule has 0 spiro atoms. The quantitative estimate of drug-likeness (QED) is 0.653. The van der Waals surface area contributed by atoms with Gasteiger partial charge in [-0.2, -0.15) is 0 Å². The third kappa shape index (κ3) is 5.29. The van der Waals surface area contributed by atoms with Crippen molar-refractivity contribution in [2.75, 3.05) is 50.8 Å². The van der Waals surface area contributed by atoms with E-state index in [0.29, 0.717) is 37.2 Å². The van der Waals surface area contributed by atoms with Gasteiger partial charge in [-0.05, 0) is 49.3 Å². The zero-order valence-corrected chi connectivity index (χ0v) is 20.9. The summed E-state index contributed by atoms with van der Waals surface area (Å²) in [5, 5.41) is 3.60. The molecule has 1 N–H and O–H groups in total. The summed E-state index contributed by atoms with van der Waals surface area (Å²) in [7, 11) is 0. The van der Waals surface area contributed by atoms with E-state index in [1.807, 2.05) is 4.90 Å². The Kier molecular flexibility index (Phi) is 7.51. The highest BCUT2D eigenvalue weighted by atomic mass is 35.5. The third-order valence-corrected chi connectivity index (χ3v) is 7.93. The van der Waals surface area contributed by atoms with Crippen molar-refractivity contribution in [1.82, 2.24) is 20.2 Å². The molecule has 2 atom stereocenters. The van der Waals surface area contributed by atoms with Gasteiger partial charge in [0.25, 0.3) is 0 Å². The van der Waals surface area contributed by atoms with E-state index in [2.05, 4.69) is 27.1 Å². The first-order valence-corrected chi connectivity index (χ1v) is 13.0. The maximum Gasteiger partial charge on any atom is 0.231 e. The Bertz CT molecular complexity index is 1060. The largest absolute Gasteiger partial charge is 0.381 e. The fourth-order valence-corrected chi connectivity index (χ4v) is 5.61. The highest BCUT2D eigenvalue weighted by molar-refractivity contribution is 6.30. The number of aryl methyl sites for hydroxylation is 1. The van der Waals surface area contributed by atoms with Crippen LogP contribution in [0.5, 0.6) is 0 Å². The Morgan fingerprint density at radius 1 is 1.20 bits per heavy atom. The number of carbonyl (C=O) groups excluding carboxylic acids is 1. The molecule has 3 aliphatic rings. The van der Waals surface area contributed by atoms with E-state index in [4.69, 9.17) is 16.3 Å². The Morgan fingerprint density at radius 3 is 2.71 bits per heavy atom. The number of nitrogens with one attached hydrogen (secondary N) is 1. The van der Waals surface area contributed by atoms with Crippen LogP contribution in [0.15, 0.2) is 24.5 Å². The molecule has 5 rings (SSSR count). The van der Waals surface area contributed by atoms with Crippen LogP contribution in [-0.2, 0) is 16.0 Å². The minimum absolute atomic E-state index is 0.0206. The second-order valence-corrected chi connectivity index (χ2v) is 10.2. The lowest BCUT2D eigenvalue weighted by Crippen LogP contribution is -2.52. The van der Waals surface area contributed by atoms with Crippen LogP contribution in [-0.4, -0.2) is 72.8 Å². The molecule has 35 heavy (non-hydrogen) atoms. The van der Waals surface area contributed by atoms with Gasteiger partial charge in [-0.25, -0.2) is 14.4 Å². The molecular formula is C26H33ClFN5O2. The molecule has 2 fully saturated rings. The maximum atomic E-state index is 14.3. The number of halogens is 2. The number of amides is 1. The SMILES string of the molecule is C[C@@H]1CCc2ncnc(N3CCN(C(=O)[C@H](CNC4CCOCC4)c4ccc(Cl)c(F)c4)CC3)c21. The summed E-state index contributed by atoms with van der Waals surface area (Å²) in [5.41, 5.74) is 3.08. The fraction of sp³-hybridized carbons (Fsp3) is 0.577. The first kappa shape index (κ1) is 24.4. The topological polar surface area (TPSA) is 70.6 Å². The zero-order valence-electron chi connectivity index (χ0n) is 20.2. The lowest BCUT2D eigenvalue weighted by atomic mass is 9.95. The number of aromatic nitrogens is 2. The molecule has 2 saturated heterocycles. The predicted molar refractivity (Wildman–Crippen MR) is 134 cm³/mol. The second-order valence-electron chi connectivity index (χ2n) is 9.83. The third-order valence-electron chi connectivity index (χ3n) is 7.62. The minimum Gasteiger partial charge on any atom is -0.381 e. The van der Waals surface area contributed by atoms with Crippen LogP contribution >= 0.6 is 11.6 Å². The predicted octanol–water partition coefficient (Wildman–Crippen LogP) is 3.52. The van der Waals surface area contributed by atoms with Crippen LogP contribution in [0.4, 0.5) is 10.2 Å². The van der Waals surface area contributed by atoms with Gasteiger partial charge >= 0.3 is 0 Å². The number of nitrogens with zero attached hydrogens (tertiary/aromatic N) is 4. The molecule has 9 heteroatoms. The smallest absolute Gasteiger partial charge is 0.231 e. The number of piperazine rings is 1. The molecule has 2 aliphatic heterocycles. The maximum absolute atomic E-state index is 14.3. The Labute approximate surface area is 211 Å². The lowest BCUT2D eigenvalue weighted by molar-refractivity contribution is -0.133. The molecule has 0 bridgehead atoms. The summed E-state index contributed by atoms with van der Waals surface area (Å²) in [5.74, 6) is 0.530. The second kappa shape index (κ2) is 10.8. The molecule has 1 aromatic heterocycles. The molecule has 1 amide bonds. The van der Waals surface area contributed by atoms with E-state index in [-0.39, 0.29) is 10.9 Å². The van der Waals surface area contributed by atoms with Crippen LogP contribution < -0.4 is 10.2 Å². The van der Waals surface area contributed by atoms with E-state index in [1.54, 1.807) is 12.4 Å². The number of benzene rings is 1. The van der Waals surface area contributed by atoms with E-state index < -0.39 is 11.7 Å². The molecule has 0 unspecified atom stereocenters. The zero-order chi connectivity index (χ0) is 24.4. The van der Waals surface area contributed by atoms with Gasteiger partial charge in [-0.3, -0.25) is 4.79 Å². The highest BCUT2D eigenvalue weighted by Gasteiger charge is 2.32. The molecule has 3 heterocycles. The van der Waals surface area contributed by atoms with E-state index in [1.165, 1.54) is 17.7 Å². The fourth-order valence-electron chi connectivity index (χ4n) is 5.50. The number of hydrogen-bond acceptors (Lipinski definition) is 6. The van der Waals surface area contributed by atoms with Gasteiger partial charge in [0.1, 0.15) is 18.0 Å². The van der Waals surface area contributed by atoms with Crippen molar-refractivity contribution in [2.45, 2.75) is 50.5 Å². The van der Waals surface area contributed by atoms with Crippen molar-refractivity contribution >= 4 is 23.3 Å². The van der Waals surface area contributed by atoms with Crippen LogP contribution in [0, 0.1) is 5.82 Å². The minimum atomic E-state index is -0.496. The standard InChI is InChI=1S/C26H33ClFN5O2/c1-17-2-5-23-24(17)25(31-16-30-23)32-8-10-33(11-9-32)26(34)20(15-29-19-6-12-35-13-7-19)18-3-4-21(27)22(28)14-18/h3-4,14,16-17,19-20,29H,2,5-13,15H2,1H3/t17-,20-/m1/s1. The first-order chi connectivity index (χ1) is 17.0. The molecule has 1 aliphatic carbocycles. The molecule has 0 radical (unpaired) electrons. The summed E-state index contributed by atoms with van der Waals surface area (Å²) in [4.78, 5) is 27.0. The van der Waals surface area contributed by atoms with Crippen molar-refractivity contribution in [1.29, 1.82) is 0 Å². The van der Waals surface area contributed by atoms with E-state index >= 15 is 0 Å². The first-order valence-electron chi connectivity index (χ1n) is 12.6. The summed E-state index contributed by atoms with van der Waals surface area (Å²) < 4.78 is 19.8. The van der Waals surface area contributed by atoms with Crippen molar-refractivity contribution in [3.8, 4) is 0 Å². The average molecular weight is 502 g/mol. The van der Waals surface area contributed by atoms with Crippen LogP contribution in [0.1, 0.15) is 54.8 Å². The van der Waals surface area contributed by atoms with Gasteiger partial charge in [0, 0.05) is 63.2 Å². The number of carbonyl (C=O) groups is 1. The number of rotatable bonds is 6. The van der Waals surface area contributed by atoms with Crippen molar-refractivity contribution in [3.05, 3.63) is 52.2 Å². The molecule has 7 nitrogen and oxygen atoms in total. The van der Waals surface area contributed by atoms with Crippen molar-refractivity contribution in [3.63, 3.8) is 0 Å². The van der Waals surface area contributed by atoms with E-state index in [0.717, 1.165) is 63.5 Å². The molecule has 188 valence electrons. The number of anilines is 1. The average Bonchev–Trinajstić information content (AvgIpc) is 3.28. The Balaban J connectivity index is 1.29. The van der Waals surface area contributed by atoms with Gasteiger partial charge in [-0.1, -0.05) is 24.6 Å². The van der Waals surface area contributed by atoms with Gasteiger partial charge in [0.2, 0.25) is 5.91 Å². The van der Waals surface area contributed by atoms with Crippen LogP contribution in [0.2, 0.25) is 5.02 Å². The number of ether oxygens (including phenoxy) is 1. The lowest BCUT2D eigenvalue weighted by Gasteiger charge is -2.38. The number of hydrogen-bond donors (Lipinski definition) is 1. The molecule has 2 aromatic rings. The summed E-state index contributed by atoms with van der Waals surface area (Å²) in [6.07, 6.45) is 5.60. The van der Waals surface area contributed by atoms with Gasteiger partial charge in [-0.15, -0.1) is 0 Å². The van der Waals surface area contributed by atoms with Crippen molar-refractivity contribution in [2.24, 2.45) is 0 Å². The normalized spacial score (nSPS) is 21.7. The molecular weight excluding hydrogens is 469 g/mol. The monoisotopic (exact) mass is 501 g/mol. The van der Waals surface area contributed by atoms with Crippen molar-refractivity contribution < 1.29 is 13.9 Å². The summed E-state index contributed by atoms with van der Waals surface area (Å²) >= 11 is 5.92. The van der Waals surface area contributed by atoms with Crippen LogP contribution in [0.25, 0.3) is 0 Å². The highest BCUT2D eigenvalue weighted by Crippen LogP contribution is 2.37. The van der Waals surface area contributed by atoms with Gasteiger partial charge in [0.15, 0.2) is 0 Å². The summed E-state index contributed by atoms with van der Waals surface area (Å²) in [6.45, 7) is 6.79. The van der Waals surface area contributed by atoms with Gasteiger partial charge in [0.05, 0.1) is 10.9 Å². The van der Waals surface area contributed by atoms with Gasteiger partial charge < -0.3 is 19.9 Å². The number of fused-ring (bicyclic) bond motifs is 1. The Hall–Kier alpha value is -2.29. The van der Waals surface area contributed by atoms with E-state index in [9.17, 15) is 9.18 Å². The Morgan fingerprint density at radius 2 is 1.97 bits per heavy atom. The van der Waals surface area contributed by atoms with Crippen LogP contribution in [0.3, 0.4) is 0 Å². The molecule has 1 aromatic carbocycles. The molecule has 0 saturated carbocycles.